The Morgan fingerprint density at radius 1 is 1.55 bits per heavy atom. The fraction of sp³-hybridized carbons (Fsp3) is 0.500. The molecule has 1 amide bonds. The van der Waals surface area contributed by atoms with E-state index >= 15 is 0 Å². The molecule has 108 valence electrons. The van der Waals surface area contributed by atoms with Gasteiger partial charge in [0.1, 0.15) is 0 Å². The molecule has 0 saturated heterocycles. The van der Waals surface area contributed by atoms with Crippen molar-refractivity contribution in [2.45, 2.75) is 38.6 Å². The SMILES string of the molecule is CCC[C@H](NC(=O)[C@H](C)c1ccc(Cl)s1)c1nn[nH]n1. The minimum Gasteiger partial charge on any atom is -0.345 e. The van der Waals surface area contributed by atoms with Crippen LogP contribution in [-0.4, -0.2) is 26.5 Å². The van der Waals surface area contributed by atoms with Crippen LogP contribution in [0.2, 0.25) is 4.34 Å². The van der Waals surface area contributed by atoms with Gasteiger partial charge >= 0.3 is 0 Å². The first kappa shape index (κ1) is 14.9. The molecule has 0 unspecified atom stereocenters. The number of aromatic nitrogens is 4. The van der Waals surface area contributed by atoms with Crippen molar-refractivity contribution in [3.8, 4) is 0 Å². The monoisotopic (exact) mass is 313 g/mol. The number of rotatable bonds is 6. The first-order valence-corrected chi connectivity index (χ1v) is 7.60. The summed E-state index contributed by atoms with van der Waals surface area (Å²) in [6.45, 7) is 3.90. The number of nitrogens with zero attached hydrogens (tertiary/aromatic N) is 3. The van der Waals surface area contributed by atoms with E-state index in [1.54, 1.807) is 6.07 Å². The molecule has 6 nitrogen and oxygen atoms in total. The Balaban J connectivity index is 2.04. The largest absolute Gasteiger partial charge is 0.345 e. The van der Waals surface area contributed by atoms with Crippen molar-refractivity contribution in [2.24, 2.45) is 0 Å². The summed E-state index contributed by atoms with van der Waals surface area (Å²) in [6.07, 6.45) is 1.68. The Morgan fingerprint density at radius 2 is 2.35 bits per heavy atom. The van der Waals surface area contributed by atoms with E-state index in [2.05, 4.69) is 25.9 Å². The lowest BCUT2D eigenvalue weighted by molar-refractivity contribution is -0.123. The van der Waals surface area contributed by atoms with Crippen molar-refractivity contribution in [1.82, 2.24) is 25.9 Å². The summed E-state index contributed by atoms with van der Waals surface area (Å²) >= 11 is 7.32. The summed E-state index contributed by atoms with van der Waals surface area (Å²) in [6, 6.07) is 3.46. The van der Waals surface area contributed by atoms with Crippen molar-refractivity contribution in [1.29, 1.82) is 0 Å². The summed E-state index contributed by atoms with van der Waals surface area (Å²) in [7, 11) is 0. The summed E-state index contributed by atoms with van der Waals surface area (Å²) in [5.41, 5.74) is 0. The van der Waals surface area contributed by atoms with Crippen molar-refractivity contribution >= 4 is 28.8 Å². The first-order valence-electron chi connectivity index (χ1n) is 6.40. The fourth-order valence-corrected chi connectivity index (χ4v) is 2.97. The molecule has 20 heavy (non-hydrogen) atoms. The zero-order chi connectivity index (χ0) is 14.5. The molecule has 0 aliphatic rings. The molecule has 2 N–H and O–H groups in total. The number of H-pyrrole nitrogens is 1. The molecule has 0 fully saturated rings. The van der Waals surface area contributed by atoms with Crippen LogP contribution in [0.3, 0.4) is 0 Å². The number of amides is 1. The van der Waals surface area contributed by atoms with Gasteiger partial charge in [0.05, 0.1) is 16.3 Å². The van der Waals surface area contributed by atoms with Crippen LogP contribution in [0.15, 0.2) is 12.1 Å². The van der Waals surface area contributed by atoms with Crippen LogP contribution >= 0.6 is 22.9 Å². The molecule has 0 aliphatic heterocycles. The Hall–Kier alpha value is -1.47. The second-order valence-corrected chi connectivity index (χ2v) is 6.23. The van der Waals surface area contributed by atoms with E-state index < -0.39 is 0 Å². The first-order chi connectivity index (χ1) is 9.61. The maximum atomic E-state index is 12.3. The molecule has 0 aromatic carbocycles. The predicted molar refractivity (Wildman–Crippen MR) is 77.7 cm³/mol. The Bertz CT molecular complexity index is 556. The minimum absolute atomic E-state index is 0.0632. The zero-order valence-electron chi connectivity index (χ0n) is 11.3. The van der Waals surface area contributed by atoms with E-state index in [1.807, 2.05) is 19.9 Å². The molecular weight excluding hydrogens is 298 g/mol. The molecule has 2 aromatic heterocycles. The topological polar surface area (TPSA) is 83.6 Å². The van der Waals surface area contributed by atoms with Gasteiger partial charge in [-0.15, -0.1) is 21.5 Å². The van der Waals surface area contributed by atoms with Gasteiger partial charge in [0, 0.05) is 4.88 Å². The Morgan fingerprint density at radius 3 is 2.90 bits per heavy atom. The molecule has 8 heteroatoms. The lowest BCUT2D eigenvalue weighted by Crippen LogP contribution is -2.32. The molecule has 2 aromatic rings. The van der Waals surface area contributed by atoms with E-state index in [0.29, 0.717) is 10.2 Å². The van der Waals surface area contributed by atoms with Gasteiger partial charge in [-0.25, -0.2) is 0 Å². The third-order valence-corrected chi connectivity index (χ3v) is 4.40. The highest BCUT2D eigenvalue weighted by Gasteiger charge is 2.23. The lowest BCUT2D eigenvalue weighted by atomic mass is 10.1. The summed E-state index contributed by atoms with van der Waals surface area (Å²) < 4.78 is 0.683. The number of carbonyl (C=O) groups is 1. The molecule has 0 radical (unpaired) electrons. The van der Waals surface area contributed by atoms with E-state index in [9.17, 15) is 4.79 Å². The second-order valence-electron chi connectivity index (χ2n) is 4.48. The maximum absolute atomic E-state index is 12.3. The normalized spacial score (nSPS) is 13.9. The summed E-state index contributed by atoms with van der Waals surface area (Å²) in [5, 5.41) is 16.8. The van der Waals surface area contributed by atoms with Crippen molar-refractivity contribution in [3.05, 3.63) is 27.2 Å². The van der Waals surface area contributed by atoms with Crippen LogP contribution in [0.5, 0.6) is 0 Å². The molecule has 0 saturated carbocycles. The second kappa shape index (κ2) is 6.81. The van der Waals surface area contributed by atoms with Gasteiger partial charge in [-0.1, -0.05) is 30.2 Å². The molecule has 2 rings (SSSR count). The summed E-state index contributed by atoms with van der Waals surface area (Å²) in [5.74, 6) is 0.196. The van der Waals surface area contributed by atoms with Gasteiger partial charge in [-0.3, -0.25) is 4.79 Å². The highest BCUT2D eigenvalue weighted by Crippen LogP contribution is 2.28. The smallest absolute Gasteiger partial charge is 0.228 e. The minimum atomic E-state index is -0.251. The van der Waals surface area contributed by atoms with Gasteiger partial charge in [0.25, 0.3) is 0 Å². The third-order valence-electron chi connectivity index (χ3n) is 2.98. The zero-order valence-corrected chi connectivity index (χ0v) is 12.8. The molecule has 0 aliphatic carbocycles. The standard InChI is InChI=1S/C12H16ClN5OS/c1-3-4-8(11-15-17-18-16-11)14-12(19)7(2)9-5-6-10(13)20-9/h5-8H,3-4H2,1-2H3,(H,14,19)(H,15,16,17,18)/t7-,8+/m1/s1. The van der Waals surface area contributed by atoms with E-state index in [0.717, 1.165) is 17.7 Å². The molecule has 0 spiro atoms. The highest BCUT2D eigenvalue weighted by atomic mass is 35.5. The summed E-state index contributed by atoms with van der Waals surface area (Å²) in [4.78, 5) is 13.2. The van der Waals surface area contributed by atoms with Gasteiger partial charge < -0.3 is 5.32 Å². The Kier molecular flexibility index (Phi) is 5.08. The van der Waals surface area contributed by atoms with Crippen LogP contribution in [0, 0.1) is 0 Å². The molecule has 2 heterocycles. The van der Waals surface area contributed by atoms with E-state index in [-0.39, 0.29) is 17.9 Å². The average molecular weight is 314 g/mol. The number of thiophene rings is 1. The van der Waals surface area contributed by atoms with Gasteiger partial charge in [-0.2, -0.15) is 5.21 Å². The van der Waals surface area contributed by atoms with Crippen molar-refractivity contribution in [2.75, 3.05) is 0 Å². The maximum Gasteiger partial charge on any atom is 0.228 e. The van der Waals surface area contributed by atoms with Crippen molar-refractivity contribution < 1.29 is 4.79 Å². The number of hydrogen-bond acceptors (Lipinski definition) is 5. The fourth-order valence-electron chi connectivity index (χ4n) is 1.86. The van der Waals surface area contributed by atoms with Crippen LogP contribution in [0.1, 0.15) is 49.4 Å². The van der Waals surface area contributed by atoms with E-state index in [4.69, 9.17) is 11.6 Å². The average Bonchev–Trinajstić information content (AvgIpc) is 3.08. The van der Waals surface area contributed by atoms with Crippen LogP contribution < -0.4 is 5.32 Å². The molecule has 0 bridgehead atoms. The van der Waals surface area contributed by atoms with Crippen LogP contribution in [0.25, 0.3) is 0 Å². The number of carbonyl (C=O) groups excluding carboxylic acids is 1. The predicted octanol–water partition coefficient (Wildman–Crippen LogP) is 2.68. The van der Waals surface area contributed by atoms with Gasteiger partial charge in [0.15, 0.2) is 5.82 Å². The van der Waals surface area contributed by atoms with Gasteiger partial charge in [0.2, 0.25) is 5.91 Å². The molecular formula is C12H16ClN5OS. The number of hydrogen-bond donors (Lipinski definition) is 2. The highest BCUT2D eigenvalue weighted by molar-refractivity contribution is 7.16. The van der Waals surface area contributed by atoms with Gasteiger partial charge in [-0.05, 0) is 25.5 Å². The Labute approximate surface area is 125 Å². The third kappa shape index (κ3) is 3.55. The number of halogens is 1. The van der Waals surface area contributed by atoms with Crippen LogP contribution in [0.4, 0.5) is 0 Å². The van der Waals surface area contributed by atoms with E-state index in [1.165, 1.54) is 11.3 Å². The van der Waals surface area contributed by atoms with Crippen molar-refractivity contribution in [3.63, 3.8) is 0 Å². The van der Waals surface area contributed by atoms with Crippen LogP contribution in [-0.2, 0) is 4.79 Å². The number of tetrazole rings is 1. The number of aromatic amines is 1. The quantitative estimate of drug-likeness (QED) is 0.858. The number of nitrogens with one attached hydrogen (secondary N) is 2. The lowest BCUT2D eigenvalue weighted by Gasteiger charge is -2.17. The molecule has 2 atom stereocenters.